The number of pyridine rings is 1. The molecule has 0 spiro atoms. The Morgan fingerprint density at radius 2 is 1.94 bits per heavy atom. The van der Waals surface area contributed by atoms with Gasteiger partial charge in [0.25, 0.3) is 0 Å². The van der Waals surface area contributed by atoms with Crippen molar-refractivity contribution in [1.82, 2.24) is 4.98 Å². The van der Waals surface area contributed by atoms with Crippen LogP contribution < -0.4 is 10.5 Å². The molecule has 2 aromatic rings. The van der Waals surface area contributed by atoms with E-state index < -0.39 is 5.97 Å². The molecule has 18 heavy (non-hydrogen) atoms. The first kappa shape index (κ1) is 11.9. The average molecular weight is 244 g/mol. The van der Waals surface area contributed by atoms with Gasteiger partial charge in [0, 0.05) is 5.69 Å². The summed E-state index contributed by atoms with van der Waals surface area (Å²) in [5.74, 6) is -0.0725. The maximum Gasteiger partial charge on any atom is 0.337 e. The molecular weight excluding hydrogens is 232 g/mol. The lowest BCUT2D eigenvalue weighted by Crippen LogP contribution is -2.02. The molecule has 0 amide bonds. The lowest BCUT2D eigenvalue weighted by atomic mass is 10.2. The summed E-state index contributed by atoms with van der Waals surface area (Å²) in [5, 5.41) is 8.98. The number of hydrogen-bond acceptors (Lipinski definition) is 4. The highest BCUT2D eigenvalue weighted by Crippen LogP contribution is 2.23. The van der Waals surface area contributed by atoms with E-state index in [-0.39, 0.29) is 5.56 Å². The van der Waals surface area contributed by atoms with Gasteiger partial charge in [-0.1, -0.05) is 0 Å². The number of aryl methyl sites for hydroxylation is 1. The number of carbonyl (C=O) groups is 1. The minimum absolute atomic E-state index is 0.128. The molecule has 3 N–H and O–H groups in total. The molecule has 1 aromatic carbocycles. The van der Waals surface area contributed by atoms with Crippen molar-refractivity contribution in [1.29, 1.82) is 0 Å². The molecule has 2 rings (SSSR count). The van der Waals surface area contributed by atoms with Crippen molar-refractivity contribution >= 4 is 11.7 Å². The summed E-state index contributed by atoms with van der Waals surface area (Å²) >= 11 is 0. The van der Waals surface area contributed by atoms with Crippen LogP contribution in [0.4, 0.5) is 5.69 Å². The largest absolute Gasteiger partial charge is 0.478 e. The standard InChI is InChI=1S/C13H12N2O3/c1-8-12(13(16)17)6-11(7-15-8)18-10-4-2-9(14)3-5-10/h2-7H,14H2,1H3,(H,16,17). The summed E-state index contributed by atoms with van der Waals surface area (Å²) in [5.41, 5.74) is 6.77. The molecule has 92 valence electrons. The fraction of sp³-hybridized carbons (Fsp3) is 0.0769. The second kappa shape index (κ2) is 4.75. The van der Waals surface area contributed by atoms with Crippen molar-refractivity contribution in [2.75, 3.05) is 5.73 Å². The van der Waals surface area contributed by atoms with E-state index >= 15 is 0 Å². The molecule has 0 radical (unpaired) electrons. The van der Waals surface area contributed by atoms with Gasteiger partial charge in [0.05, 0.1) is 17.5 Å². The number of aromatic nitrogens is 1. The molecule has 0 saturated carbocycles. The molecule has 0 aliphatic rings. The predicted octanol–water partition coefficient (Wildman–Crippen LogP) is 2.46. The van der Waals surface area contributed by atoms with Crippen LogP contribution in [0, 0.1) is 6.92 Å². The van der Waals surface area contributed by atoms with Crippen LogP contribution in [0.15, 0.2) is 36.5 Å². The van der Waals surface area contributed by atoms with Crippen LogP contribution in [-0.2, 0) is 0 Å². The Morgan fingerprint density at radius 3 is 2.56 bits per heavy atom. The van der Waals surface area contributed by atoms with Crippen LogP contribution in [0.1, 0.15) is 16.1 Å². The molecule has 0 aliphatic carbocycles. The van der Waals surface area contributed by atoms with E-state index in [1.807, 2.05) is 0 Å². The Kier molecular flexibility index (Phi) is 3.14. The Balaban J connectivity index is 2.27. The number of nitrogens with zero attached hydrogens (tertiary/aromatic N) is 1. The number of rotatable bonds is 3. The second-order valence-corrected chi connectivity index (χ2v) is 3.78. The maximum absolute atomic E-state index is 11.0. The number of anilines is 1. The van der Waals surface area contributed by atoms with Crippen molar-refractivity contribution in [3.05, 3.63) is 47.8 Å². The summed E-state index contributed by atoms with van der Waals surface area (Å²) < 4.78 is 5.50. The third-order valence-corrected chi connectivity index (χ3v) is 2.41. The van der Waals surface area contributed by atoms with E-state index in [0.29, 0.717) is 22.9 Å². The fourth-order valence-corrected chi connectivity index (χ4v) is 1.46. The van der Waals surface area contributed by atoms with E-state index in [1.165, 1.54) is 12.3 Å². The summed E-state index contributed by atoms with van der Waals surface area (Å²) in [6.45, 7) is 1.64. The molecule has 5 nitrogen and oxygen atoms in total. The van der Waals surface area contributed by atoms with Crippen molar-refractivity contribution in [2.45, 2.75) is 6.92 Å². The number of ether oxygens (including phenoxy) is 1. The third-order valence-electron chi connectivity index (χ3n) is 2.41. The van der Waals surface area contributed by atoms with Crippen LogP contribution in [-0.4, -0.2) is 16.1 Å². The number of carboxylic acid groups (broad SMARTS) is 1. The molecule has 5 heteroatoms. The number of aromatic carboxylic acids is 1. The van der Waals surface area contributed by atoms with Gasteiger partial charge in [-0.25, -0.2) is 4.79 Å². The number of hydrogen-bond donors (Lipinski definition) is 2. The van der Waals surface area contributed by atoms with Gasteiger partial charge < -0.3 is 15.6 Å². The average Bonchev–Trinajstić information content (AvgIpc) is 2.34. The molecular formula is C13H12N2O3. The van der Waals surface area contributed by atoms with E-state index in [0.717, 1.165) is 0 Å². The third kappa shape index (κ3) is 2.57. The summed E-state index contributed by atoms with van der Waals surface area (Å²) in [6.07, 6.45) is 1.48. The first-order valence-electron chi connectivity index (χ1n) is 5.29. The van der Waals surface area contributed by atoms with Crippen molar-refractivity contribution in [3.63, 3.8) is 0 Å². The van der Waals surface area contributed by atoms with Crippen molar-refractivity contribution in [3.8, 4) is 11.5 Å². The molecule has 0 bridgehead atoms. The van der Waals surface area contributed by atoms with Crippen LogP contribution in [0.3, 0.4) is 0 Å². The molecule has 0 aliphatic heterocycles. The summed E-state index contributed by atoms with van der Waals surface area (Å²) in [4.78, 5) is 14.9. The smallest absolute Gasteiger partial charge is 0.337 e. The quantitative estimate of drug-likeness (QED) is 0.810. The first-order chi connectivity index (χ1) is 8.56. The van der Waals surface area contributed by atoms with Gasteiger partial charge in [-0.05, 0) is 37.3 Å². The Bertz CT molecular complexity index is 579. The predicted molar refractivity (Wildman–Crippen MR) is 66.9 cm³/mol. The SMILES string of the molecule is Cc1ncc(Oc2ccc(N)cc2)cc1C(=O)O. The van der Waals surface area contributed by atoms with Gasteiger partial charge in [0.15, 0.2) is 0 Å². The minimum atomic E-state index is -1.03. The van der Waals surface area contributed by atoms with Gasteiger partial charge in [0.1, 0.15) is 11.5 Å². The Labute approximate surface area is 104 Å². The van der Waals surface area contributed by atoms with Crippen LogP contribution in [0.25, 0.3) is 0 Å². The van der Waals surface area contributed by atoms with Crippen LogP contribution in [0.5, 0.6) is 11.5 Å². The van der Waals surface area contributed by atoms with Crippen molar-refractivity contribution in [2.24, 2.45) is 0 Å². The zero-order valence-electron chi connectivity index (χ0n) is 9.75. The van der Waals surface area contributed by atoms with Gasteiger partial charge >= 0.3 is 5.97 Å². The molecule has 1 aromatic heterocycles. The summed E-state index contributed by atoms with van der Waals surface area (Å²) in [6, 6.07) is 8.26. The molecule has 0 fully saturated rings. The lowest BCUT2D eigenvalue weighted by molar-refractivity contribution is 0.0695. The van der Waals surface area contributed by atoms with E-state index in [2.05, 4.69) is 4.98 Å². The normalized spacial score (nSPS) is 10.1. The topological polar surface area (TPSA) is 85.4 Å². The van der Waals surface area contributed by atoms with E-state index in [4.69, 9.17) is 15.6 Å². The van der Waals surface area contributed by atoms with E-state index in [1.54, 1.807) is 31.2 Å². The molecule has 0 unspecified atom stereocenters. The Morgan fingerprint density at radius 1 is 1.28 bits per heavy atom. The first-order valence-corrected chi connectivity index (χ1v) is 5.29. The fourth-order valence-electron chi connectivity index (χ4n) is 1.46. The van der Waals surface area contributed by atoms with Gasteiger partial charge in [-0.2, -0.15) is 0 Å². The Hall–Kier alpha value is -2.56. The highest BCUT2D eigenvalue weighted by molar-refractivity contribution is 5.89. The monoisotopic (exact) mass is 244 g/mol. The maximum atomic E-state index is 11.0. The second-order valence-electron chi connectivity index (χ2n) is 3.78. The molecule has 1 heterocycles. The minimum Gasteiger partial charge on any atom is -0.478 e. The zero-order chi connectivity index (χ0) is 13.1. The zero-order valence-corrected chi connectivity index (χ0v) is 9.75. The van der Waals surface area contributed by atoms with E-state index in [9.17, 15) is 4.79 Å². The highest BCUT2D eigenvalue weighted by atomic mass is 16.5. The highest BCUT2D eigenvalue weighted by Gasteiger charge is 2.10. The van der Waals surface area contributed by atoms with Crippen LogP contribution >= 0.6 is 0 Å². The van der Waals surface area contributed by atoms with Gasteiger partial charge in [-0.15, -0.1) is 0 Å². The van der Waals surface area contributed by atoms with Gasteiger partial charge in [0.2, 0.25) is 0 Å². The van der Waals surface area contributed by atoms with Crippen LogP contribution in [0.2, 0.25) is 0 Å². The number of nitrogen functional groups attached to an aromatic ring is 1. The summed E-state index contributed by atoms with van der Waals surface area (Å²) in [7, 11) is 0. The molecule has 0 atom stereocenters. The van der Waals surface area contributed by atoms with Crippen molar-refractivity contribution < 1.29 is 14.6 Å². The molecule has 0 saturated heterocycles. The number of nitrogens with two attached hydrogens (primary N) is 1. The number of benzene rings is 1. The lowest BCUT2D eigenvalue weighted by Gasteiger charge is -2.07. The van der Waals surface area contributed by atoms with Gasteiger partial charge in [-0.3, -0.25) is 4.98 Å². The number of carboxylic acids is 1.